The Hall–Kier alpha value is -0.0500. The van der Waals surface area contributed by atoms with Crippen LogP contribution in [0.3, 0.4) is 0 Å². The minimum absolute atomic E-state index is 0.229. The molecule has 1 aliphatic carbocycles. The summed E-state index contributed by atoms with van der Waals surface area (Å²) < 4.78 is -0.299. The zero-order valence-corrected chi connectivity index (χ0v) is 5.36. The monoisotopic (exact) mass is 163 g/mol. The van der Waals surface area contributed by atoms with Crippen LogP contribution in [0.25, 0.3) is 0 Å². The maximum Gasteiger partial charge on any atom is 0.234 e. The predicted molar refractivity (Wildman–Crippen MR) is 30.1 cm³/mol. The molecule has 2 N–H and O–H groups in total. The van der Waals surface area contributed by atoms with Crippen molar-refractivity contribution >= 4 is 21.8 Å². The van der Waals surface area contributed by atoms with Crippen LogP contribution in [0.5, 0.6) is 0 Å². The summed E-state index contributed by atoms with van der Waals surface area (Å²) in [5.74, 6) is -0.229. The Morgan fingerprint density at radius 3 is 2.14 bits per heavy atom. The van der Waals surface area contributed by atoms with Gasteiger partial charge in [-0.15, -0.1) is 0 Å². The van der Waals surface area contributed by atoms with Crippen molar-refractivity contribution in [1.82, 2.24) is 0 Å². The van der Waals surface area contributed by atoms with Crippen LogP contribution in [0.15, 0.2) is 0 Å². The van der Waals surface area contributed by atoms with Crippen molar-refractivity contribution in [2.24, 2.45) is 5.73 Å². The van der Waals surface area contributed by atoms with Gasteiger partial charge in [-0.1, -0.05) is 15.9 Å². The minimum Gasteiger partial charge on any atom is -0.368 e. The molecule has 1 fully saturated rings. The number of primary amides is 1. The molecule has 1 saturated carbocycles. The van der Waals surface area contributed by atoms with Gasteiger partial charge in [0.25, 0.3) is 0 Å². The molecule has 0 aromatic heterocycles. The van der Waals surface area contributed by atoms with Crippen molar-refractivity contribution in [3.05, 3.63) is 0 Å². The maximum atomic E-state index is 10.3. The number of carbonyl (C=O) groups excluding carboxylic acids is 1. The van der Waals surface area contributed by atoms with Gasteiger partial charge < -0.3 is 5.73 Å². The molecule has 0 unspecified atom stereocenters. The Kier molecular flexibility index (Phi) is 0.885. The molecule has 0 spiro atoms. The van der Waals surface area contributed by atoms with Crippen molar-refractivity contribution in [3.63, 3.8) is 0 Å². The van der Waals surface area contributed by atoms with E-state index in [9.17, 15) is 4.79 Å². The molecule has 7 heavy (non-hydrogen) atoms. The van der Waals surface area contributed by atoms with E-state index in [1.54, 1.807) is 0 Å². The second-order valence-electron chi connectivity index (χ2n) is 1.83. The number of hydrogen-bond donors (Lipinski definition) is 1. The Bertz CT molecular complexity index is 108. The highest BCUT2D eigenvalue weighted by atomic mass is 79.9. The van der Waals surface area contributed by atoms with Crippen LogP contribution in [0.4, 0.5) is 0 Å². The highest BCUT2D eigenvalue weighted by molar-refractivity contribution is 9.10. The largest absolute Gasteiger partial charge is 0.368 e. The zero-order chi connectivity index (χ0) is 5.49. The molecule has 2 nitrogen and oxygen atoms in total. The molecule has 0 aromatic rings. The van der Waals surface area contributed by atoms with Gasteiger partial charge in [-0.2, -0.15) is 0 Å². The Labute approximate surface area is 50.2 Å². The van der Waals surface area contributed by atoms with Crippen LogP contribution in [-0.2, 0) is 4.79 Å². The SMILES string of the molecule is NC(=O)C1(Br)CC1. The third kappa shape index (κ3) is 0.774. The lowest BCUT2D eigenvalue weighted by Crippen LogP contribution is -2.24. The van der Waals surface area contributed by atoms with Crippen molar-refractivity contribution in [1.29, 1.82) is 0 Å². The second-order valence-corrected chi connectivity index (χ2v) is 3.35. The third-order valence-corrected chi connectivity index (χ3v) is 2.31. The van der Waals surface area contributed by atoms with Crippen molar-refractivity contribution in [2.75, 3.05) is 0 Å². The first kappa shape index (κ1) is 5.09. The number of nitrogens with two attached hydrogens (primary N) is 1. The summed E-state index contributed by atoms with van der Waals surface area (Å²) in [6, 6.07) is 0. The first-order valence-electron chi connectivity index (χ1n) is 2.14. The van der Waals surface area contributed by atoms with Gasteiger partial charge in [0.1, 0.15) is 4.32 Å². The van der Waals surface area contributed by atoms with E-state index in [0.29, 0.717) is 0 Å². The van der Waals surface area contributed by atoms with Crippen LogP contribution < -0.4 is 5.73 Å². The van der Waals surface area contributed by atoms with Gasteiger partial charge in [-0.3, -0.25) is 4.79 Å². The normalized spacial score (nSPS) is 24.1. The Morgan fingerprint density at radius 2 is 2.14 bits per heavy atom. The van der Waals surface area contributed by atoms with Crippen LogP contribution in [-0.4, -0.2) is 10.2 Å². The number of alkyl halides is 1. The van der Waals surface area contributed by atoms with Gasteiger partial charge in [0, 0.05) is 0 Å². The Balaban J connectivity index is 2.55. The molecule has 0 atom stereocenters. The van der Waals surface area contributed by atoms with Crippen LogP contribution in [0, 0.1) is 0 Å². The molecule has 0 radical (unpaired) electrons. The zero-order valence-electron chi connectivity index (χ0n) is 3.78. The standard InChI is InChI=1S/C4H6BrNO/c5-4(1-2-4)3(6)7/h1-2H2,(H2,6,7). The summed E-state index contributed by atoms with van der Waals surface area (Å²) in [7, 11) is 0. The molecule has 0 bridgehead atoms. The van der Waals surface area contributed by atoms with Gasteiger partial charge in [-0.05, 0) is 12.8 Å². The Morgan fingerprint density at radius 1 is 1.71 bits per heavy atom. The molecule has 40 valence electrons. The molecule has 1 amide bonds. The van der Waals surface area contributed by atoms with Gasteiger partial charge in [-0.25, -0.2) is 0 Å². The molecular formula is C4H6BrNO. The molecule has 0 heterocycles. The lowest BCUT2D eigenvalue weighted by atomic mass is 10.4. The molecule has 0 aliphatic heterocycles. The van der Waals surface area contributed by atoms with E-state index in [0.717, 1.165) is 12.8 Å². The first-order valence-corrected chi connectivity index (χ1v) is 2.93. The van der Waals surface area contributed by atoms with Crippen LogP contribution >= 0.6 is 15.9 Å². The fourth-order valence-electron chi connectivity index (χ4n) is 0.356. The average molecular weight is 164 g/mol. The summed E-state index contributed by atoms with van der Waals surface area (Å²) >= 11 is 3.18. The van der Waals surface area contributed by atoms with E-state index < -0.39 is 0 Å². The third-order valence-electron chi connectivity index (χ3n) is 1.13. The lowest BCUT2D eigenvalue weighted by Gasteiger charge is -1.93. The fourth-order valence-corrected chi connectivity index (χ4v) is 0.554. The van der Waals surface area contributed by atoms with Crippen molar-refractivity contribution in [2.45, 2.75) is 17.2 Å². The highest BCUT2D eigenvalue weighted by Gasteiger charge is 2.45. The number of hydrogen-bond acceptors (Lipinski definition) is 1. The molecular weight excluding hydrogens is 158 g/mol. The summed E-state index contributed by atoms with van der Waals surface area (Å²) in [6.45, 7) is 0. The van der Waals surface area contributed by atoms with Gasteiger partial charge in [0.2, 0.25) is 5.91 Å². The molecule has 3 heteroatoms. The minimum atomic E-state index is -0.299. The summed E-state index contributed by atoms with van der Waals surface area (Å²) in [5, 5.41) is 0. The highest BCUT2D eigenvalue weighted by Crippen LogP contribution is 2.43. The predicted octanol–water partition coefficient (Wildman–Crippen LogP) is 0.399. The van der Waals surface area contributed by atoms with Gasteiger partial charge in [0.05, 0.1) is 0 Å². The van der Waals surface area contributed by atoms with Crippen molar-refractivity contribution < 1.29 is 4.79 Å². The van der Waals surface area contributed by atoms with E-state index in [1.807, 2.05) is 0 Å². The lowest BCUT2D eigenvalue weighted by molar-refractivity contribution is -0.118. The number of rotatable bonds is 1. The second kappa shape index (κ2) is 1.22. The quantitative estimate of drug-likeness (QED) is 0.560. The summed E-state index contributed by atoms with van der Waals surface area (Å²) in [4.78, 5) is 10.3. The molecule has 0 saturated heterocycles. The average Bonchev–Trinajstić information content (AvgIpc) is 2.21. The maximum absolute atomic E-state index is 10.3. The molecule has 0 aromatic carbocycles. The van der Waals surface area contributed by atoms with Crippen molar-refractivity contribution in [3.8, 4) is 0 Å². The fraction of sp³-hybridized carbons (Fsp3) is 0.750. The van der Waals surface area contributed by atoms with E-state index in [2.05, 4.69) is 15.9 Å². The van der Waals surface area contributed by atoms with E-state index in [1.165, 1.54) is 0 Å². The topological polar surface area (TPSA) is 43.1 Å². The molecule has 1 rings (SSSR count). The van der Waals surface area contributed by atoms with Crippen LogP contribution in [0.2, 0.25) is 0 Å². The number of amides is 1. The van der Waals surface area contributed by atoms with Crippen LogP contribution in [0.1, 0.15) is 12.8 Å². The number of halogens is 1. The smallest absolute Gasteiger partial charge is 0.234 e. The van der Waals surface area contributed by atoms with E-state index in [-0.39, 0.29) is 10.2 Å². The summed E-state index contributed by atoms with van der Waals surface area (Å²) in [5.41, 5.74) is 4.95. The van der Waals surface area contributed by atoms with E-state index in [4.69, 9.17) is 5.73 Å². The molecule has 1 aliphatic rings. The van der Waals surface area contributed by atoms with Gasteiger partial charge >= 0.3 is 0 Å². The summed E-state index contributed by atoms with van der Waals surface area (Å²) in [6.07, 6.45) is 1.81. The van der Waals surface area contributed by atoms with Gasteiger partial charge in [0.15, 0.2) is 0 Å². The van der Waals surface area contributed by atoms with E-state index >= 15 is 0 Å². The first-order chi connectivity index (χ1) is 3.15. The number of carbonyl (C=O) groups is 1.